The topological polar surface area (TPSA) is 49.9 Å². The summed E-state index contributed by atoms with van der Waals surface area (Å²) in [5.74, 6) is -0.980. The van der Waals surface area contributed by atoms with E-state index < -0.39 is 5.97 Å². The number of aliphatic carboxylic acids is 1. The van der Waals surface area contributed by atoms with Crippen molar-refractivity contribution in [3.8, 4) is 0 Å². The van der Waals surface area contributed by atoms with Gasteiger partial charge in [-0.1, -0.05) is 36.4 Å². The van der Waals surface area contributed by atoms with Gasteiger partial charge in [0, 0.05) is 50.6 Å². The Hall–Kier alpha value is -1.37. The number of nitrogens with zero attached hydrogens (tertiary/aromatic N) is 3. The van der Waals surface area contributed by atoms with Crippen molar-refractivity contribution >= 4 is 17.3 Å². The van der Waals surface area contributed by atoms with Crippen LogP contribution in [0.1, 0.15) is 17.5 Å². The molecule has 29 heavy (non-hydrogen) atoms. The molecule has 0 unspecified atom stereocenters. The summed E-state index contributed by atoms with van der Waals surface area (Å²) in [6.07, 6.45) is 3.26. The van der Waals surface area contributed by atoms with Crippen LogP contribution in [-0.2, 0) is 17.6 Å². The number of anilines is 2. The van der Waals surface area contributed by atoms with Crippen molar-refractivity contribution in [3.05, 3.63) is 59.7 Å². The Labute approximate surface area is 195 Å². The van der Waals surface area contributed by atoms with E-state index in [4.69, 9.17) is 0 Å². The molecular formula is C23H28N3NaO2. The van der Waals surface area contributed by atoms with Crippen molar-refractivity contribution in [2.75, 3.05) is 50.7 Å². The average Bonchev–Trinajstić information content (AvgIpc) is 2.86. The first-order chi connectivity index (χ1) is 13.7. The van der Waals surface area contributed by atoms with E-state index in [1.54, 1.807) is 0 Å². The van der Waals surface area contributed by atoms with E-state index >= 15 is 0 Å². The summed E-state index contributed by atoms with van der Waals surface area (Å²) in [4.78, 5) is 17.7. The predicted molar refractivity (Wildman–Crippen MR) is 110 cm³/mol. The molecule has 0 atom stereocenters. The van der Waals surface area contributed by atoms with Crippen LogP contribution in [0.3, 0.4) is 0 Å². The average molecular weight is 401 g/mol. The molecule has 5 nitrogen and oxygen atoms in total. The maximum Gasteiger partial charge on any atom is 1.00 e. The molecule has 0 radical (unpaired) electrons. The smallest absolute Gasteiger partial charge is 0.549 e. The Morgan fingerprint density at radius 3 is 1.86 bits per heavy atom. The van der Waals surface area contributed by atoms with Crippen LogP contribution in [0.2, 0.25) is 0 Å². The molecule has 2 aliphatic rings. The fraction of sp³-hybridized carbons (Fsp3) is 0.435. The zero-order valence-electron chi connectivity index (χ0n) is 17.3. The maximum absolute atomic E-state index is 10.8. The molecule has 1 fully saturated rings. The van der Waals surface area contributed by atoms with Gasteiger partial charge in [0.15, 0.2) is 0 Å². The Balaban J connectivity index is 0.00000240. The van der Waals surface area contributed by atoms with Crippen molar-refractivity contribution in [2.24, 2.45) is 0 Å². The third kappa shape index (κ3) is 5.62. The number of carboxylic acid groups (broad SMARTS) is 1. The van der Waals surface area contributed by atoms with Crippen molar-refractivity contribution in [2.45, 2.75) is 19.3 Å². The largest absolute Gasteiger partial charge is 1.00 e. The normalized spacial score (nSPS) is 17.0. The van der Waals surface area contributed by atoms with Crippen LogP contribution < -0.4 is 39.6 Å². The molecule has 0 aliphatic carbocycles. The third-order valence-electron chi connectivity index (χ3n) is 5.90. The van der Waals surface area contributed by atoms with Crippen molar-refractivity contribution in [3.63, 3.8) is 0 Å². The molecule has 0 spiro atoms. The molecule has 1 saturated heterocycles. The van der Waals surface area contributed by atoms with Crippen molar-refractivity contribution in [1.82, 2.24) is 9.80 Å². The van der Waals surface area contributed by atoms with Gasteiger partial charge in [0.1, 0.15) is 0 Å². The Morgan fingerprint density at radius 1 is 0.793 bits per heavy atom. The number of hydrogen-bond donors (Lipinski definition) is 0. The van der Waals surface area contributed by atoms with E-state index in [9.17, 15) is 9.90 Å². The van der Waals surface area contributed by atoms with Crippen molar-refractivity contribution in [1.29, 1.82) is 0 Å². The second kappa shape index (κ2) is 10.6. The second-order valence-corrected chi connectivity index (χ2v) is 7.75. The number of aryl methyl sites for hydroxylation is 2. The quantitative estimate of drug-likeness (QED) is 0.563. The number of carboxylic acids is 1. The molecular weight excluding hydrogens is 373 g/mol. The minimum atomic E-state index is -0.980. The van der Waals surface area contributed by atoms with Gasteiger partial charge < -0.3 is 19.7 Å². The van der Waals surface area contributed by atoms with Crippen LogP contribution in [0.4, 0.5) is 11.4 Å². The van der Waals surface area contributed by atoms with E-state index in [1.165, 1.54) is 22.5 Å². The summed E-state index contributed by atoms with van der Waals surface area (Å²) in [5.41, 5.74) is 5.53. The first-order valence-corrected chi connectivity index (χ1v) is 10.3. The van der Waals surface area contributed by atoms with Gasteiger partial charge in [-0.05, 0) is 49.1 Å². The van der Waals surface area contributed by atoms with Gasteiger partial charge in [-0.25, -0.2) is 0 Å². The van der Waals surface area contributed by atoms with E-state index in [0.29, 0.717) is 0 Å². The van der Waals surface area contributed by atoms with Gasteiger partial charge in [-0.2, -0.15) is 0 Å². The van der Waals surface area contributed by atoms with Gasteiger partial charge in [-0.3, -0.25) is 4.90 Å². The molecule has 0 N–H and O–H groups in total. The molecule has 148 valence electrons. The van der Waals surface area contributed by atoms with Crippen molar-refractivity contribution < 1.29 is 39.5 Å². The summed E-state index contributed by atoms with van der Waals surface area (Å²) in [6.45, 7) is 5.57. The zero-order valence-corrected chi connectivity index (χ0v) is 19.3. The number of fused-ring (bicyclic) bond motifs is 2. The zero-order chi connectivity index (χ0) is 19.3. The molecule has 0 aromatic heterocycles. The number of hydrogen-bond acceptors (Lipinski definition) is 5. The van der Waals surface area contributed by atoms with Gasteiger partial charge in [-0.15, -0.1) is 0 Å². The molecule has 0 saturated carbocycles. The maximum atomic E-state index is 10.8. The number of benzene rings is 2. The number of para-hydroxylation sites is 2. The van der Waals surface area contributed by atoms with E-state index in [-0.39, 0.29) is 36.1 Å². The number of carbonyl (C=O) groups is 1. The minimum Gasteiger partial charge on any atom is -0.549 e. The fourth-order valence-electron chi connectivity index (χ4n) is 4.42. The Morgan fingerprint density at radius 2 is 1.31 bits per heavy atom. The van der Waals surface area contributed by atoms with Gasteiger partial charge in [0.25, 0.3) is 0 Å². The summed E-state index contributed by atoms with van der Waals surface area (Å²) in [7, 11) is 0. The van der Waals surface area contributed by atoms with Crippen LogP contribution in [0.15, 0.2) is 48.5 Å². The third-order valence-corrected chi connectivity index (χ3v) is 5.90. The van der Waals surface area contributed by atoms with Crippen LogP contribution in [-0.4, -0.2) is 61.6 Å². The summed E-state index contributed by atoms with van der Waals surface area (Å²) >= 11 is 0. The molecule has 2 heterocycles. The first-order valence-electron chi connectivity index (χ1n) is 10.3. The Kier molecular flexibility index (Phi) is 8.16. The number of piperazine rings is 1. The second-order valence-electron chi connectivity index (χ2n) is 7.75. The van der Waals surface area contributed by atoms with Crippen LogP contribution >= 0.6 is 0 Å². The number of carbonyl (C=O) groups excluding carboxylic acids is 1. The molecule has 2 aliphatic heterocycles. The molecule has 2 aromatic rings. The van der Waals surface area contributed by atoms with Gasteiger partial charge in [0.2, 0.25) is 0 Å². The van der Waals surface area contributed by atoms with E-state index in [0.717, 1.165) is 58.5 Å². The molecule has 0 amide bonds. The first kappa shape index (κ1) is 22.3. The van der Waals surface area contributed by atoms with Gasteiger partial charge in [0.05, 0.1) is 5.97 Å². The molecule has 6 heteroatoms. The Bertz CT molecular complexity index is 774. The van der Waals surface area contributed by atoms with Crippen LogP contribution in [0.25, 0.3) is 0 Å². The molecule has 4 rings (SSSR count). The number of rotatable bonds is 6. The van der Waals surface area contributed by atoms with Crippen LogP contribution in [0, 0.1) is 0 Å². The molecule has 0 bridgehead atoms. The van der Waals surface area contributed by atoms with E-state index in [1.807, 2.05) is 4.90 Å². The monoisotopic (exact) mass is 401 g/mol. The fourth-order valence-corrected chi connectivity index (χ4v) is 4.42. The SMILES string of the molecule is O=C([O-])CN1CCN(CCCN2c3ccccc3CCc3ccccc32)CC1.[Na+]. The predicted octanol–water partition coefficient (Wildman–Crippen LogP) is -1.32. The summed E-state index contributed by atoms with van der Waals surface area (Å²) in [6, 6.07) is 17.5. The van der Waals surface area contributed by atoms with Crippen LogP contribution in [0.5, 0.6) is 0 Å². The summed E-state index contributed by atoms with van der Waals surface area (Å²) < 4.78 is 0. The standard InChI is InChI=1S/C23H29N3O2.Na/c27-23(28)18-25-16-14-24(15-17-25)12-5-13-26-21-8-3-1-6-19(21)10-11-20-7-2-4-9-22(20)26;/h1-4,6-9H,5,10-18H2,(H,27,28);/q;+1/p-1. The van der Waals surface area contributed by atoms with Gasteiger partial charge >= 0.3 is 29.6 Å². The van der Waals surface area contributed by atoms with E-state index in [2.05, 4.69) is 58.3 Å². The molecule has 2 aromatic carbocycles. The minimum absolute atomic E-state index is 0. The summed E-state index contributed by atoms with van der Waals surface area (Å²) in [5, 5.41) is 10.8.